The molecule has 5 nitrogen and oxygen atoms in total. The molecule has 0 spiro atoms. The van der Waals surface area contributed by atoms with Crippen molar-refractivity contribution in [3.63, 3.8) is 0 Å². The lowest BCUT2D eigenvalue weighted by molar-refractivity contribution is -0.875. The molecule has 0 bridgehead atoms. The zero-order valence-electron chi connectivity index (χ0n) is 22.2. The molecule has 6 heteroatoms. The van der Waals surface area contributed by atoms with Gasteiger partial charge in [0.05, 0.1) is 21.1 Å². The molecule has 0 aromatic carbocycles. The van der Waals surface area contributed by atoms with Crippen LogP contribution in [0.3, 0.4) is 0 Å². The SMILES string of the molecule is CCC/C=C\CCCCCCCCCCCC/C=C\CCCC(O)(C[N+](C)(C)C)P(=O)(O)O. The predicted octanol–water partition coefficient (Wildman–Crippen LogP) is 7.32. The molecule has 0 amide bonds. The lowest BCUT2D eigenvalue weighted by Crippen LogP contribution is -2.49. The van der Waals surface area contributed by atoms with Crippen LogP contribution in [0.1, 0.15) is 116 Å². The third-order valence-electron chi connectivity index (χ3n) is 6.00. The third-order valence-corrected chi connectivity index (χ3v) is 7.45. The van der Waals surface area contributed by atoms with E-state index in [4.69, 9.17) is 0 Å². The van der Waals surface area contributed by atoms with Crippen LogP contribution in [0.25, 0.3) is 0 Å². The van der Waals surface area contributed by atoms with Crippen molar-refractivity contribution in [1.82, 2.24) is 0 Å². The van der Waals surface area contributed by atoms with Gasteiger partial charge in [-0.2, -0.15) is 0 Å². The minimum absolute atomic E-state index is 0.0394. The Bertz CT molecular complexity index is 565. The van der Waals surface area contributed by atoms with Crippen LogP contribution >= 0.6 is 7.60 Å². The summed E-state index contributed by atoms with van der Waals surface area (Å²) in [6, 6.07) is 0. The van der Waals surface area contributed by atoms with Crippen LogP contribution in [-0.2, 0) is 4.57 Å². The second-order valence-electron chi connectivity index (χ2n) is 10.7. The average Bonchev–Trinajstić information content (AvgIpc) is 2.70. The van der Waals surface area contributed by atoms with Gasteiger partial charge in [-0.1, -0.05) is 89.0 Å². The summed E-state index contributed by atoms with van der Waals surface area (Å²) in [6.07, 6.45) is 28.5. The van der Waals surface area contributed by atoms with Gasteiger partial charge in [-0.3, -0.25) is 4.57 Å². The lowest BCUT2D eigenvalue weighted by atomic mass is 10.0. The summed E-state index contributed by atoms with van der Waals surface area (Å²) in [5, 5.41) is 8.59. The second-order valence-corrected chi connectivity index (χ2v) is 12.6. The summed E-state index contributed by atoms with van der Waals surface area (Å²) in [6.45, 7) is 2.26. The van der Waals surface area contributed by atoms with Crippen molar-refractivity contribution < 1.29 is 23.9 Å². The molecule has 0 aliphatic rings. The molecule has 0 saturated heterocycles. The van der Waals surface area contributed by atoms with Crippen LogP contribution in [0.4, 0.5) is 0 Å². The zero-order chi connectivity index (χ0) is 25.1. The monoisotopic (exact) mass is 488 g/mol. The fourth-order valence-corrected chi connectivity index (χ4v) is 5.21. The van der Waals surface area contributed by atoms with Crippen molar-refractivity contribution in [2.45, 2.75) is 121 Å². The molecular weight excluding hydrogens is 433 g/mol. The number of aliphatic hydroxyl groups is 1. The lowest BCUT2D eigenvalue weighted by Gasteiger charge is -2.35. The number of likely N-dealkylation sites (N-methyl/N-ethyl adjacent to an activating group) is 1. The average molecular weight is 489 g/mol. The number of unbranched alkanes of at least 4 members (excludes halogenated alkanes) is 13. The normalized spacial score (nSPS) is 15.0. The smallest absolute Gasteiger partial charge is 0.362 e. The minimum atomic E-state index is -4.57. The van der Waals surface area contributed by atoms with Crippen LogP contribution in [0, 0.1) is 0 Å². The van der Waals surface area contributed by atoms with E-state index >= 15 is 0 Å². The van der Waals surface area contributed by atoms with E-state index in [0.29, 0.717) is 10.9 Å². The van der Waals surface area contributed by atoms with Gasteiger partial charge in [0.25, 0.3) is 0 Å². The van der Waals surface area contributed by atoms with Crippen molar-refractivity contribution in [1.29, 1.82) is 0 Å². The Morgan fingerprint density at radius 3 is 1.39 bits per heavy atom. The van der Waals surface area contributed by atoms with E-state index in [0.717, 1.165) is 12.8 Å². The Balaban J connectivity index is 3.62. The van der Waals surface area contributed by atoms with Gasteiger partial charge >= 0.3 is 7.60 Å². The molecular formula is C27H55NO4P+. The van der Waals surface area contributed by atoms with Crippen LogP contribution in [-0.4, -0.2) is 52.4 Å². The van der Waals surface area contributed by atoms with Gasteiger partial charge in [-0.05, 0) is 51.4 Å². The first-order valence-electron chi connectivity index (χ1n) is 13.4. The van der Waals surface area contributed by atoms with E-state index in [1.807, 2.05) is 21.1 Å². The van der Waals surface area contributed by atoms with E-state index in [1.54, 1.807) is 0 Å². The molecule has 0 aromatic rings. The Hall–Kier alpha value is -0.450. The first-order chi connectivity index (χ1) is 15.5. The van der Waals surface area contributed by atoms with E-state index in [9.17, 15) is 19.5 Å². The number of rotatable bonds is 22. The molecule has 33 heavy (non-hydrogen) atoms. The molecule has 0 radical (unpaired) electrons. The maximum Gasteiger partial charge on any atom is 0.362 e. The predicted molar refractivity (Wildman–Crippen MR) is 142 cm³/mol. The summed E-state index contributed by atoms with van der Waals surface area (Å²) in [4.78, 5) is 19.2. The quantitative estimate of drug-likeness (QED) is 0.0645. The first kappa shape index (κ1) is 32.5. The van der Waals surface area contributed by atoms with E-state index in [-0.39, 0.29) is 13.0 Å². The Morgan fingerprint density at radius 1 is 0.667 bits per heavy atom. The molecule has 3 N–H and O–H groups in total. The molecule has 0 aliphatic heterocycles. The highest BCUT2D eigenvalue weighted by molar-refractivity contribution is 7.53. The summed E-state index contributed by atoms with van der Waals surface area (Å²) < 4.78 is 12.1. The van der Waals surface area contributed by atoms with Gasteiger partial charge in [0, 0.05) is 0 Å². The highest BCUT2D eigenvalue weighted by atomic mass is 31.2. The van der Waals surface area contributed by atoms with Crippen LogP contribution in [0.5, 0.6) is 0 Å². The topological polar surface area (TPSA) is 77.8 Å². The molecule has 196 valence electrons. The summed E-state index contributed by atoms with van der Waals surface area (Å²) in [7, 11) is 0.922. The summed E-state index contributed by atoms with van der Waals surface area (Å²) >= 11 is 0. The molecule has 0 aliphatic carbocycles. The Morgan fingerprint density at radius 2 is 1.03 bits per heavy atom. The maximum atomic E-state index is 11.8. The van der Waals surface area contributed by atoms with Crippen molar-refractivity contribution >= 4 is 7.60 Å². The Labute approximate surface area is 205 Å². The largest absolute Gasteiger partial charge is 0.373 e. The maximum absolute atomic E-state index is 11.8. The van der Waals surface area contributed by atoms with Crippen LogP contribution < -0.4 is 0 Å². The molecule has 1 unspecified atom stereocenters. The fraction of sp³-hybridized carbons (Fsp3) is 0.852. The number of hydrogen-bond acceptors (Lipinski definition) is 2. The fourth-order valence-electron chi connectivity index (χ4n) is 4.16. The van der Waals surface area contributed by atoms with E-state index in [2.05, 4.69) is 31.2 Å². The van der Waals surface area contributed by atoms with Gasteiger partial charge in [0.1, 0.15) is 6.54 Å². The number of nitrogens with zero attached hydrogens (tertiary/aromatic N) is 1. The van der Waals surface area contributed by atoms with E-state index < -0.39 is 12.9 Å². The first-order valence-corrected chi connectivity index (χ1v) is 15.0. The number of hydrogen-bond donors (Lipinski definition) is 3. The molecule has 0 fully saturated rings. The van der Waals surface area contributed by atoms with Gasteiger partial charge < -0.3 is 19.4 Å². The van der Waals surface area contributed by atoms with Crippen molar-refractivity contribution in [2.75, 3.05) is 27.7 Å². The van der Waals surface area contributed by atoms with E-state index in [1.165, 1.54) is 83.5 Å². The highest BCUT2D eigenvalue weighted by Crippen LogP contribution is 2.52. The van der Waals surface area contributed by atoms with Gasteiger partial charge in [-0.25, -0.2) is 0 Å². The molecule has 0 heterocycles. The van der Waals surface area contributed by atoms with Crippen molar-refractivity contribution in [2.24, 2.45) is 0 Å². The molecule has 0 saturated carbocycles. The van der Waals surface area contributed by atoms with Gasteiger partial charge in [-0.15, -0.1) is 0 Å². The molecule has 1 atom stereocenters. The summed E-state index contributed by atoms with van der Waals surface area (Å²) in [5.41, 5.74) is 0. The zero-order valence-corrected chi connectivity index (χ0v) is 23.1. The minimum Gasteiger partial charge on any atom is -0.373 e. The van der Waals surface area contributed by atoms with Crippen molar-refractivity contribution in [3.8, 4) is 0 Å². The standard InChI is InChI=1S/C27H54NO4P/c1-5-6-7-8-9-10-11-12-13-14-15-16-17-18-19-20-21-22-23-24-25-27(29,33(30,31)32)26-28(2,3)4/h7-8,21-22,29H,5-6,9-20,23-26H2,1-4H3,(H-,30,31,32)/p+1/b8-7-,22-21-. The Kier molecular flexibility index (Phi) is 18.6. The molecule has 0 aromatic heterocycles. The van der Waals surface area contributed by atoms with Gasteiger partial charge in [0.15, 0.2) is 0 Å². The van der Waals surface area contributed by atoms with Gasteiger partial charge in [0.2, 0.25) is 5.34 Å². The number of quaternary nitrogens is 1. The third kappa shape index (κ3) is 19.5. The molecule has 0 rings (SSSR count). The van der Waals surface area contributed by atoms with Crippen molar-refractivity contribution in [3.05, 3.63) is 24.3 Å². The van der Waals surface area contributed by atoms with Crippen LogP contribution in [0.15, 0.2) is 24.3 Å². The number of allylic oxidation sites excluding steroid dienone is 4. The second kappa shape index (κ2) is 18.8. The van der Waals surface area contributed by atoms with Crippen LogP contribution in [0.2, 0.25) is 0 Å². The summed E-state index contributed by atoms with van der Waals surface area (Å²) in [5.74, 6) is 0. The highest BCUT2D eigenvalue weighted by Gasteiger charge is 2.48.